The quantitative estimate of drug-likeness (QED) is 0.0265. The van der Waals surface area contributed by atoms with Crippen LogP contribution in [0.1, 0.15) is 241 Å². The van der Waals surface area contributed by atoms with Gasteiger partial charge < -0.3 is 52.9 Å². The number of rotatable bonds is 45. The van der Waals surface area contributed by atoms with Crippen molar-refractivity contribution in [1.29, 1.82) is 0 Å². The fourth-order valence-electron chi connectivity index (χ4n) is 6.66. The highest BCUT2D eigenvalue weighted by Gasteiger charge is 2.15. The number of carbonyl (C=O) groups excluding carboxylic acids is 6. The molecule has 0 aliphatic carbocycles. The highest BCUT2D eigenvalue weighted by molar-refractivity contribution is 5.71. The zero-order valence-corrected chi connectivity index (χ0v) is 49.2. The summed E-state index contributed by atoms with van der Waals surface area (Å²) in [7, 11) is 8.79. The molecule has 1 N–H and O–H groups in total. The van der Waals surface area contributed by atoms with Crippen LogP contribution in [0.2, 0.25) is 0 Å². The summed E-state index contributed by atoms with van der Waals surface area (Å²) in [5, 5.41) is 3.05. The van der Waals surface area contributed by atoms with Crippen LogP contribution in [0.25, 0.3) is 0 Å². The average molecular weight is 1030 g/mol. The van der Waals surface area contributed by atoms with Gasteiger partial charge in [0.05, 0.1) is 32.5 Å². The molecule has 0 aromatic rings. The molecule has 0 aliphatic rings. The van der Waals surface area contributed by atoms with Gasteiger partial charge in [-0.15, -0.1) is 0 Å². The predicted molar refractivity (Wildman–Crippen MR) is 302 cm³/mol. The maximum Gasteiger partial charge on any atom is 0.306 e. The maximum absolute atomic E-state index is 11.7. The van der Waals surface area contributed by atoms with Gasteiger partial charge in [0.25, 0.3) is 0 Å². The van der Waals surface area contributed by atoms with Gasteiger partial charge in [-0.3, -0.25) is 9.59 Å². The van der Waals surface area contributed by atoms with E-state index in [2.05, 4.69) is 33.0 Å². The van der Waals surface area contributed by atoms with E-state index in [1.807, 2.05) is 46.8 Å². The topological polar surface area (TPSA) is 170 Å². The minimum atomic E-state index is -0.303. The van der Waals surface area contributed by atoms with Gasteiger partial charge in [-0.2, -0.15) is 0 Å². The Morgan fingerprint density at radius 2 is 0.722 bits per heavy atom. The van der Waals surface area contributed by atoms with Crippen LogP contribution >= 0.6 is 0 Å². The molecule has 0 spiro atoms. The molecule has 0 saturated carbocycles. The summed E-state index contributed by atoms with van der Waals surface area (Å²) in [6.07, 6.45) is 38.7. The molecule has 72 heavy (non-hydrogen) atoms. The van der Waals surface area contributed by atoms with Crippen LogP contribution in [-0.4, -0.2) is 119 Å². The summed E-state index contributed by atoms with van der Waals surface area (Å²) in [6, 6.07) is 0.319. The summed E-state index contributed by atoms with van der Waals surface area (Å²) in [5.41, 5.74) is 0. The number of likely N-dealkylation sites (N-methyl/N-ethyl adjacent to an activating group) is 1. The van der Waals surface area contributed by atoms with Gasteiger partial charge in [-0.1, -0.05) is 182 Å². The standard InChI is InChI=1S/C17H30O3.C15H26O4.2C9H20O.C6H15NO2.C2H6.CH2O/c1-3-5-7-8-9-10-14-20-17(19)15-16(12-13-18)11-6-4-2;1-2-3-4-5-6-7-12-19-15(18)13-14(8-10-16)9-11-17;2*1-3-4-5-6-7-8-9-10-2;1-7-6(4-8-2)5-9-3;2*1-2/h4,6,13,16H,3,5,7-12,14-15H2,1-2H3;10-11,14H,2-9,12-13H2,1H3;2*3-9H2,1-2H3;6-7H,4-5H2,1-3H3;1-2H3;1H2/b6-4+;;;;;;. The molecule has 0 aromatic heterocycles. The van der Waals surface area contributed by atoms with Gasteiger partial charge in [0.1, 0.15) is 25.6 Å². The second-order valence-electron chi connectivity index (χ2n) is 17.5. The van der Waals surface area contributed by atoms with Crippen LogP contribution in [0.5, 0.6) is 0 Å². The van der Waals surface area contributed by atoms with E-state index in [-0.39, 0.29) is 43.0 Å². The Kier molecular flexibility index (Phi) is 98.1. The van der Waals surface area contributed by atoms with E-state index in [1.165, 1.54) is 128 Å². The van der Waals surface area contributed by atoms with Crippen molar-refractivity contribution in [3.05, 3.63) is 12.2 Å². The number of carbonyl (C=O) groups is 6. The number of allylic oxidation sites excluding steroid dienone is 2. The van der Waals surface area contributed by atoms with Gasteiger partial charge >= 0.3 is 11.9 Å². The van der Waals surface area contributed by atoms with Crippen LogP contribution in [-0.2, 0) is 57.2 Å². The van der Waals surface area contributed by atoms with Gasteiger partial charge in [0, 0.05) is 73.8 Å². The number of nitrogens with one attached hydrogen (secondary N) is 1. The van der Waals surface area contributed by atoms with Crippen molar-refractivity contribution in [1.82, 2.24) is 5.32 Å². The first-order valence-corrected chi connectivity index (χ1v) is 28.3. The van der Waals surface area contributed by atoms with E-state index in [0.29, 0.717) is 45.3 Å². The number of ether oxygens (including phenoxy) is 6. The Labute approximate surface area is 444 Å². The van der Waals surface area contributed by atoms with E-state index in [9.17, 15) is 24.0 Å². The van der Waals surface area contributed by atoms with Crippen LogP contribution in [0.4, 0.5) is 0 Å². The van der Waals surface area contributed by atoms with Crippen LogP contribution in [0.3, 0.4) is 0 Å². The summed E-state index contributed by atoms with van der Waals surface area (Å²) in [5.74, 6) is -0.593. The largest absolute Gasteiger partial charge is 0.466 e. The molecule has 0 aromatic carbocycles. The van der Waals surface area contributed by atoms with E-state index in [1.54, 1.807) is 28.4 Å². The second-order valence-corrected chi connectivity index (χ2v) is 17.5. The summed E-state index contributed by atoms with van der Waals surface area (Å²) < 4.78 is 30.0. The zero-order valence-electron chi connectivity index (χ0n) is 49.2. The fraction of sp³-hybridized carbons (Fsp3) is 0.864. The molecule has 0 amide bonds. The second kappa shape index (κ2) is 84.9. The lowest BCUT2D eigenvalue weighted by Gasteiger charge is -2.12. The van der Waals surface area contributed by atoms with Crippen molar-refractivity contribution < 1.29 is 57.2 Å². The van der Waals surface area contributed by atoms with Crippen molar-refractivity contribution in [2.45, 2.75) is 247 Å². The van der Waals surface area contributed by atoms with Crippen molar-refractivity contribution >= 4 is 37.6 Å². The lowest BCUT2D eigenvalue weighted by molar-refractivity contribution is -0.146. The summed E-state index contributed by atoms with van der Waals surface area (Å²) >= 11 is 0. The Hall–Kier alpha value is -2.84. The van der Waals surface area contributed by atoms with Crippen LogP contribution < -0.4 is 5.32 Å². The van der Waals surface area contributed by atoms with Crippen LogP contribution in [0.15, 0.2) is 12.2 Å². The van der Waals surface area contributed by atoms with Crippen molar-refractivity contribution in [3.63, 3.8) is 0 Å². The van der Waals surface area contributed by atoms with Crippen LogP contribution in [0, 0.1) is 11.8 Å². The molecule has 1 unspecified atom stereocenters. The first kappa shape index (κ1) is 83.2. The summed E-state index contributed by atoms with van der Waals surface area (Å²) in [4.78, 5) is 62.5. The number of methoxy groups -OCH3 is 4. The maximum atomic E-state index is 11.7. The summed E-state index contributed by atoms with van der Waals surface area (Å²) in [6.45, 7) is 21.0. The van der Waals surface area contributed by atoms with Crippen molar-refractivity contribution in [2.24, 2.45) is 11.8 Å². The molecule has 0 saturated heterocycles. The highest BCUT2D eigenvalue weighted by Crippen LogP contribution is 2.15. The van der Waals surface area contributed by atoms with E-state index >= 15 is 0 Å². The highest BCUT2D eigenvalue weighted by atomic mass is 16.5. The van der Waals surface area contributed by atoms with Crippen molar-refractivity contribution in [2.75, 3.05) is 75.1 Å². The number of hydrogen-bond donors (Lipinski definition) is 1. The molecular weight excluding hydrogens is 915 g/mol. The number of aldehydes is 3. The minimum Gasteiger partial charge on any atom is -0.466 e. The molecule has 432 valence electrons. The first-order valence-electron chi connectivity index (χ1n) is 28.3. The van der Waals surface area contributed by atoms with E-state index < -0.39 is 0 Å². The molecule has 0 bridgehead atoms. The molecule has 13 nitrogen and oxygen atoms in total. The minimum absolute atomic E-state index is 0.0840. The third kappa shape index (κ3) is 86.9. The van der Waals surface area contributed by atoms with Gasteiger partial charge in [-0.05, 0) is 57.9 Å². The first-order chi connectivity index (χ1) is 35.2. The zero-order chi connectivity index (χ0) is 55.8. The molecule has 0 fully saturated rings. The lowest BCUT2D eigenvalue weighted by atomic mass is 9.98. The van der Waals surface area contributed by atoms with Gasteiger partial charge in [0.2, 0.25) is 0 Å². The third-order valence-electron chi connectivity index (χ3n) is 11.0. The predicted octanol–water partition coefficient (Wildman–Crippen LogP) is 14.2. The lowest BCUT2D eigenvalue weighted by Crippen LogP contribution is -2.34. The molecule has 13 heteroatoms. The molecular formula is C59H119NO12. The molecule has 0 aliphatic heterocycles. The molecule has 1 atom stereocenters. The van der Waals surface area contributed by atoms with E-state index in [0.717, 1.165) is 64.2 Å². The Bertz CT molecular complexity index is 984. The molecule has 0 radical (unpaired) electrons. The average Bonchev–Trinajstić information content (AvgIpc) is 3.39. The Morgan fingerprint density at radius 3 is 0.972 bits per heavy atom. The number of unbranched alkanes of at least 4 members (excludes halogenated alkanes) is 20. The molecule has 0 rings (SSSR count). The Morgan fingerprint density at radius 1 is 0.444 bits per heavy atom. The van der Waals surface area contributed by atoms with E-state index in [4.69, 9.17) is 33.2 Å². The SMILES string of the molecule is C/C=C/CC(CC=O)CC(=O)OCCCCCCCC.C=O.CC.CCCCCCCCOC.CCCCCCCCOC.CCCCCCCCOC(=O)CC(CC=O)CC=O.CNC(COC)COC. The Balaban J connectivity index is -0.000000150. The van der Waals surface area contributed by atoms with Gasteiger partial charge in [0.15, 0.2) is 0 Å². The number of hydrogen-bond acceptors (Lipinski definition) is 13. The molecule has 0 heterocycles. The smallest absolute Gasteiger partial charge is 0.306 e. The van der Waals surface area contributed by atoms with Gasteiger partial charge in [-0.25, -0.2) is 0 Å². The van der Waals surface area contributed by atoms with Crippen molar-refractivity contribution in [3.8, 4) is 0 Å². The third-order valence-corrected chi connectivity index (χ3v) is 11.0. The number of esters is 2. The normalized spacial score (nSPS) is 10.5. The fourth-order valence-corrected chi connectivity index (χ4v) is 6.66. The monoisotopic (exact) mass is 1030 g/mol.